The second-order valence-corrected chi connectivity index (χ2v) is 3.89. The zero-order valence-electron chi connectivity index (χ0n) is 8.40. The van der Waals surface area contributed by atoms with E-state index in [2.05, 4.69) is 22.2 Å². The summed E-state index contributed by atoms with van der Waals surface area (Å²) in [4.78, 5) is 8.16. The summed E-state index contributed by atoms with van der Waals surface area (Å²) in [5.41, 5.74) is 6.09. The highest BCUT2D eigenvalue weighted by Gasteiger charge is 2.34. The third kappa shape index (κ3) is 2.13. The number of aromatic nitrogens is 2. The number of hydrogen-bond acceptors (Lipinski definition) is 4. The van der Waals surface area contributed by atoms with Gasteiger partial charge in [0.25, 0.3) is 0 Å². The summed E-state index contributed by atoms with van der Waals surface area (Å²) >= 11 is 0. The van der Waals surface area contributed by atoms with Crippen LogP contribution in [0.2, 0.25) is 0 Å². The Morgan fingerprint density at radius 3 is 2.71 bits per heavy atom. The molecule has 1 fully saturated rings. The first-order valence-corrected chi connectivity index (χ1v) is 5.11. The highest BCUT2D eigenvalue weighted by atomic mass is 15.1. The van der Waals surface area contributed by atoms with Crippen LogP contribution < -0.4 is 11.1 Å². The number of rotatable bonds is 4. The SMILES string of the molecule is CCC1CC1CNc1ncc(N)cn1. The molecule has 1 aromatic rings. The summed E-state index contributed by atoms with van der Waals surface area (Å²) in [7, 11) is 0. The minimum atomic E-state index is 0.605. The Kier molecular flexibility index (Phi) is 2.52. The topological polar surface area (TPSA) is 63.8 Å². The Hall–Kier alpha value is -1.32. The van der Waals surface area contributed by atoms with Crippen molar-refractivity contribution in [2.24, 2.45) is 11.8 Å². The highest BCUT2D eigenvalue weighted by molar-refractivity contribution is 5.35. The van der Waals surface area contributed by atoms with E-state index in [1.807, 2.05) is 0 Å². The van der Waals surface area contributed by atoms with Crippen LogP contribution in [0, 0.1) is 11.8 Å². The Bertz CT molecular complexity index is 295. The second kappa shape index (κ2) is 3.82. The largest absolute Gasteiger partial charge is 0.396 e. The Labute approximate surface area is 83.9 Å². The van der Waals surface area contributed by atoms with Crippen LogP contribution in [0.5, 0.6) is 0 Å². The molecule has 4 nitrogen and oxygen atoms in total. The molecule has 2 atom stereocenters. The number of nitrogens with zero attached hydrogens (tertiary/aromatic N) is 2. The Morgan fingerprint density at radius 1 is 1.43 bits per heavy atom. The summed E-state index contributed by atoms with van der Waals surface area (Å²) in [6.45, 7) is 3.23. The predicted octanol–water partition coefficient (Wildman–Crippen LogP) is 1.52. The summed E-state index contributed by atoms with van der Waals surface area (Å²) in [6, 6.07) is 0. The molecular formula is C10H16N4. The van der Waals surface area contributed by atoms with Crippen molar-refractivity contribution in [2.45, 2.75) is 19.8 Å². The van der Waals surface area contributed by atoms with Gasteiger partial charge in [0.05, 0.1) is 18.1 Å². The van der Waals surface area contributed by atoms with Gasteiger partial charge in [0.2, 0.25) is 5.95 Å². The molecule has 0 amide bonds. The van der Waals surface area contributed by atoms with Gasteiger partial charge in [-0.15, -0.1) is 0 Å². The van der Waals surface area contributed by atoms with Gasteiger partial charge in [-0.2, -0.15) is 0 Å². The molecule has 76 valence electrons. The van der Waals surface area contributed by atoms with E-state index in [-0.39, 0.29) is 0 Å². The third-order valence-electron chi connectivity index (χ3n) is 2.79. The molecule has 2 unspecified atom stereocenters. The van der Waals surface area contributed by atoms with Gasteiger partial charge in [0.1, 0.15) is 0 Å². The molecule has 2 rings (SSSR count). The molecule has 0 spiro atoms. The molecule has 3 N–H and O–H groups in total. The fourth-order valence-electron chi connectivity index (χ4n) is 1.71. The summed E-state index contributed by atoms with van der Waals surface area (Å²) in [5.74, 6) is 2.42. The monoisotopic (exact) mass is 192 g/mol. The second-order valence-electron chi connectivity index (χ2n) is 3.89. The van der Waals surface area contributed by atoms with E-state index in [0.717, 1.165) is 18.4 Å². The molecular weight excluding hydrogens is 176 g/mol. The molecule has 0 bridgehead atoms. The van der Waals surface area contributed by atoms with E-state index in [1.165, 1.54) is 12.8 Å². The quantitative estimate of drug-likeness (QED) is 0.759. The van der Waals surface area contributed by atoms with Crippen molar-refractivity contribution >= 4 is 11.6 Å². The van der Waals surface area contributed by atoms with E-state index in [9.17, 15) is 0 Å². The summed E-state index contributed by atoms with van der Waals surface area (Å²) < 4.78 is 0. The zero-order chi connectivity index (χ0) is 9.97. The smallest absolute Gasteiger partial charge is 0.222 e. The molecule has 0 aromatic carbocycles. The average molecular weight is 192 g/mol. The first-order valence-electron chi connectivity index (χ1n) is 5.11. The minimum Gasteiger partial charge on any atom is -0.396 e. The van der Waals surface area contributed by atoms with Crippen LogP contribution in [0.25, 0.3) is 0 Å². The number of anilines is 2. The highest BCUT2D eigenvalue weighted by Crippen LogP contribution is 2.40. The van der Waals surface area contributed by atoms with E-state index >= 15 is 0 Å². The molecule has 0 radical (unpaired) electrons. The molecule has 0 saturated heterocycles. The molecule has 1 aliphatic carbocycles. The lowest BCUT2D eigenvalue weighted by molar-refractivity contribution is 0.699. The standard InChI is InChI=1S/C10H16N4/c1-2-7-3-8(7)4-12-10-13-5-9(11)6-14-10/h5-8H,2-4,11H2,1H3,(H,12,13,14). The fourth-order valence-corrected chi connectivity index (χ4v) is 1.71. The Morgan fingerprint density at radius 2 is 2.14 bits per heavy atom. The van der Waals surface area contributed by atoms with Crippen LogP contribution in [-0.4, -0.2) is 16.5 Å². The van der Waals surface area contributed by atoms with Crippen LogP contribution in [0.1, 0.15) is 19.8 Å². The molecule has 1 saturated carbocycles. The van der Waals surface area contributed by atoms with Crippen molar-refractivity contribution < 1.29 is 0 Å². The molecule has 4 heteroatoms. The van der Waals surface area contributed by atoms with Gasteiger partial charge in [-0.25, -0.2) is 9.97 Å². The van der Waals surface area contributed by atoms with Crippen LogP contribution in [0.3, 0.4) is 0 Å². The maximum absolute atomic E-state index is 5.49. The van der Waals surface area contributed by atoms with Gasteiger partial charge in [0.15, 0.2) is 0 Å². The van der Waals surface area contributed by atoms with Crippen LogP contribution >= 0.6 is 0 Å². The molecule has 1 heterocycles. The van der Waals surface area contributed by atoms with Gasteiger partial charge in [0, 0.05) is 6.54 Å². The van der Waals surface area contributed by atoms with Crippen LogP contribution in [0.15, 0.2) is 12.4 Å². The summed E-state index contributed by atoms with van der Waals surface area (Å²) in [6.07, 6.45) is 5.88. The van der Waals surface area contributed by atoms with Gasteiger partial charge < -0.3 is 11.1 Å². The number of nitrogens with one attached hydrogen (secondary N) is 1. The number of nitrogen functional groups attached to an aromatic ring is 1. The van der Waals surface area contributed by atoms with Crippen LogP contribution in [0.4, 0.5) is 11.6 Å². The molecule has 1 aliphatic rings. The molecule has 0 aliphatic heterocycles. The minimum absolute atomic E-state index is 0.605. The van der Waals surface area contributed by atoms with Crippen molar-refractivity contribution in [1.82, 2.24) is 9.97 Å². The fraction of sp³-hybridized carbons (Fsp3) is 0.600. The zero-order valence-corrected chi connectivity index (χ0v) is 8.40. The van der Waals surface area contributed by atoms with Crippen molar-refractivity contribution in [3.05, 3.63) is 12.4 Å². The summed E-state index contributed by atoms with van der Waals surface area (Å²) in [5, 5.41) is 3.22. The van der Waals surface area contributed by atoms with Crippen LogP contribution in [-0.2, 0) is 0 Å². The number of hydrogen-bond donors (Lipinski definition) is 2. The molecule has 1 aromatic heterocycles. The lowest BCUT2D eigenvalue weighted by Gasteiger charge is -2.03. The van der Waals surface area contributed by atoms with E-state index in [4.69, 9.17) is 5.73 Å². The van der Waals surface area contributed by atoms with E-state index in [0.29, 0.717) is 11.6 Å². The van der Waals surface area contributed by atoms with E-state index < -0.39 is 0 Å². The third-order valence-corrected chi connectivity index (χ3v) is 2.79. The lowest BCUT2D eigenvalue weighted by Crippen LogP contribution is -2.08. The predicted molar refractivity (Wildman–Crippen MR) is 56.8 cm³/mol. The average Bonchev–Trinajstić information content (AvgIpc) is 2.96. The van der Waals surface area contributed by atoms with Crippen molar-refractivity contribution in [3.63, 3.8) is 0 Å². The van der Waals surface area contributed by atoms with Crippen molar-refractivity contribution in [2.75, 3.05) is 17.6 Å². The molecule has 14 heavy (non-hydrogen) atoms. The van der Waals surface area contributed by atoms with Crippen molar-refractivity contribution in [1.29, 1.82) is 0 Å². The van der Waals surface area contributed by atoms with E-state index in [1.54, 1.807) is 12.4 Å². The normalized spacial score (nSPS) is 24.6. The first-order chi connectivity index (χ1) is 6.79. The number of nitrogens with two attached hydrogens (primary N) is 1. The van der Waals surface area contributed by atoms with Gasteiger partial charge in [-0.3, -0.25) is 0 Å². The lowest BCUT2D eigenvalue weighted by atomic mass is 10.2. The van der Waals surface area contributed by atoms with Crippen molar-refractivity contribution in [3.8, 4) is 0 Å². The first kappa shape index (κ1) is 9.24. The maximum atomic E-state index is 5.49. The van der Waals surface area contributed by atoms with Gasteiger partial charge in [-0.1, -0.05) is 13.3 Å². The Balaban J connectivity index is 1.78. The van der Waals surface area contributed by atoms with Gasteiger partial charge in [-0.05, 0) is 18.3 Å². The maximum Gasteiger partial charge on any atom is 0.222 e. The van der Waals surface area contributed by atoms with Gasteiger partial charge >= 0.3 is 0 Å².